The molecule has 0 aliphatic carbocycles. The number of fused-ring (bicyclic) bond motifs is 3. The van der Waals surface area contributed by atoms with Gasteiger partial charge in [0.1, 0.15) is 23.3 Å². The Balaban J connectivity index is 1.34. The monoisotopic (exact) mass is 346 g/mol. The normalized spacial score (nSPS) is 11.4. The van der Waals surface area contributed by atoms with Crippen LogP contribution in [-0.2, 0) is 6.42 Å². The lowest BCUT2D eigenvalue weighted by atomic mass is 10.2. The highest BCUT2D eigenvalue weighted by atomic mass is 16.3. The van der Waals surface area contributed by atoms with Gasteiger partial charge in [-0.3, -0.25) is 5.10 Å². The topological polar surface area (TPSA) is 106 Å². The van der Waals surface area contributed by atoms with Crippen LogP contribution < -0.4 is 5.32 Å². The van der Waals surface area contributed by atoms with Crippen LogP contribution in [0.25, 0.3) is 33.7 Å². The third kappa shape index (κ3) is 2.48. The lowest BCUT2D eigenvalue weighted by Gasteiger charge is -2.03. The second-order valence-corrected chi connectivity index (χ2v) is 5.76. The van der Waals surface area contributed by atoms with Gasteiger partial charge in [-0.2, -0.15) is 5.10 Å². The number of H-pyrrole nitrogens is 1. The smallest absolute Gasteiger partial charge is 0.216 e. The third-order valence-electron chi connectivity index (χ3n) is 4.09. The van der Waals surface area contributed by atoms with E-state index in [0.717, 1.165) is 22.3 Å². The summed E-state index contributed by atoms with van der Waals surface area (Å²) in [4.78, 5) is 13.1. The molecule has 0 aliphatic rings. The summed E-state index contributed by atoms with van der Waals surface area (Å²) in [6.45, 7) is 0.621. The molecule has 0 saturated heterocycles. The fourth-order valence-corrected chi connectivity index (χ4v) is 2.87. The Bertz CT molecular complexity index is 1180. The number of furan rings is 2. The van der Waals surface area contributed by atoms with E-state index in [2.05, 4.69) is 30.5 Å². The van der Waals surface area contributed by atoms with Crippen molar-refractivity contribution in [2.24, 2.45) is 0 Å². The molecular formula is C18H14N6O2. The molecule has 0 saturated carbocycles. The van der Waals surface area contributed by atoms with Crippen LogP contribution in [0.5, 0.6) is 0 Å². The van der Waals surface area contributed by atoms with Crippen molar-refractivity contribution in [3.05, 3.63) is 54.8 Å². The standard InChI is InChI=1S/C18H14N6O2/c1-2-5-12-11(4-1)15-16(26-12)18(21-10-20-15)19-8-7-14-22-17(24-23-14)13-6-3-9-25-13/h1-6,9-10H,7-8H2,(H,19,20,21)(H,22,23,24). The van der Waals surface area contributed by atoms with Gasteiger partial charge >= 0.3 is 0 Å². The van der Waals surface area contributed by atoms with Gasteiger partial charge in [0.2, 0.25) is 5.82 Å². The predicted octanol–water partition coefficient (Wildman–Crippen LogP) is 3.41. The van der Waals surface area contributed by atoms with E-state index in [1.165, 1.54) is 6.33 Å². The first-order valence-corrected chi connectivity index (χ1v) is 8.20. The highest BCUT2D eigenvalue weighted by molar-refractivity contribution is 6.05. The lowest BCUT2D eigenvalue weighted by molar-refractivity contribution is 0.577. The van der Waals surface area contributed by atoms with E-state index in [0.29, 0.717) is 36.0 Å². The first kappa shape index (κ1) is 14.6. The van der Waals surface area contributed by atoms with Crippen LogP contribution >= 0.6 is 0 Å². The van der Waals surface area contributed by atoms with Crippen molar-refractivity contribution in [2.75, 3.05) is 11.9 Å². The molecule has 0 bridgehead atoms. The second kappa shape index (κ2) is 5.99. The van der Waals surface area contributed by atoms with Crippen LogP contribution in [0.2, 0.25) is 0 Å². The zero-order valence-electron chi connectivity index (χ0n) is 13.6. The molecule has 0 spiro atoms. The Labute approximate surface area is 147 Å². The molecule has 128 valence electrons. The number of nitrogens with zero attached hydrogens (tertiary/aromatic N) is 4. The summed E-state index contributed by atoms with van der Waals surface area (Å²) in [7, 11) is 0. The molecule has 4 aromatic heterocycles. The number of nitrogens with one attached hydrogen (secondary N) is 2. The molecule has 0 fully saturated rings. The molecule has 0 amide bonds. The quantitative estimate of drug-likeness (QED) is 0.502. The molecule has 0 unspecified atom stereocenters. The van der Waals surface area contributed by atoms with Crippen LogP contribution in [0.3, 0.4) is 0 Å². The van der Waals surface area contributed by atoms with Gasteiger partial charge in [-0.1, -0.05) is 12.1 Å². The summed E-state index contributed by atoms with van der Waals surface area (Å²) in [5.74, 6) is 2.61. The molecular weight excluding hydrogens is 332 g/mol. The van der Waals surface area contributed by atoms with E-state index in [-0.39, 0.29) is 0 Å². The number of rotatable bonds is 5. The maximum atomic E-state index is 5.90. The summed E-state index contributed by atoms with van der Waals surface area (Å²) in [6.07, 6.45) is 3.79. The summed E-state index contributed by atoms with van der Waals surface area (Å²) >= 11 is 0. The molecule has 8 heteroatoms. The Kier molecular flexibility index (Phi) is 3.38. The maximum absolute atomic E-state index is 5.90. The van der Waals surface area contributed by atoms with E-state index >= 15 is 0 Å². The minimum atomic E-state index is 0.548. The van der Waals surface area contributed by atoms with Gasteiger partial charge < -0.3 is 14.2 Å². The van der Waals surface area contributed by atoms with Crippen LogP contribution in [0.1, 0.15) is 5.82 Å². The SMILES string of the molecule is c1coc(-c2n[nH]c(CCNc3ncnc4c3oc3ccccc34)n2)c1. The van der Waals surface area contributed by atoms with Gasteiger partial charge in [0.15, 0.2) is 17.2 Å². The second-order valence-electron chi connectivity index (χ2n) is 5.76. The lowest BCUT2D eigenvalue weighted by Crippen LogP contribution is -2.07. The van der Waals surface area contributed by atoms with E-state index < -0.39 is 0 Å². The van der Waals surface area contributed by atoms with Crippen molar-refractivity contribution in [1.29, 1.82) is 0 Å². The average Bonchev–Trinajstić information content (AvgIpc) is 3.41. The number of benzene rings is 1. The first-order valence-electron chi connectivity index (χ1n) is 8.20. The summed E-state index contributed by atoms with van der Waals surface area (Å²) < 4.78 is 11.2. The number of aromatic amines is 1. The van der Waals surface area contributed by atoms with Crippen molar-refractivity contribution < 1.29 is 8.83 Å². The Hall–Kier alpha value is -3.68. The van der Waals surface area contributed by atoms with E-state index in [9.17, 15) is 0 Å². The Morgan fingerprint density at radius 3 is 2.96 bits per heavy atom. The average molecular weight is 346 g/mol. The number of hydrogen-bond donors (Lipinski definition) is 2. The van der Waals surface area contributed by atoms with Gasteiger partial charge in [0, 0.05) is 18.4 Å². The van der Waals surface area contributed by atoms with Gasteiger partial charge in [-0.25, -0.2) is 15.0 Å². The molecule has 2 N–H and O–H groups in total. The van der Waals surface area contributed by atoms with Gasteiger partial charge in [0.25, 0.3) is 0 Å². The molecule has 26 heavy (non-hydrogen) atoms. The molecule has 5 rings (SSSR count). The molecule has 0 radical (unpaired) electrons. The molecule has 0 aliphatic heterocycles. The van der Waals surface area contributed by atoms with E-state index in [1.807, 2.05) is 30.3 Å². The van der Waals surface area contributed by atoms with Crippen LogP contribution in [0, 0.1) is 0 Å². The van der Waals surface area contributed by atoms with Crippen LogP contribution in [-0.4, -0.2) is 31.7 Å². The minimum Gasteiger partial charge on any atom is -0.461 e. The molecule has 1 aromatic carbocycles. The number of aromatic nitrogens is 5. The molecule has 8 nitrogen and oxygen atoms in total. The van der Waals surface area contributed by atoms with Gasteiger partial charge in [-0.05, 0) is 24.3 Å². The Morgan fingerprint density at radius 2 is 2.04 bits per heavy atom. The highest BCUT2D eigenvalue weighted by Gasteiger charge is 2.13. The minimum absolute atomic E-state index is 0.548. The predicted molar refractivity (Wildman–Crippen MR) is 95.6 cm³/mol. The van der Waals surface area contributed by atoms with E-state index in [4.69, 9.17) is 8.83 Å². The number of hydrogen-bond acceptors (Lipinski definition) is 7. The summed E-state index contributed by atoms with van der Waals surface area (Å²) in [5.41, 5.74) is 2.25. The fourth-order valence-electron chi connectivity index (χ4n) is 2.87. The number of para-hydroxylation sites is 1. The molecule has 0 atom stereocenters. The summed E-state index contributed by atoms with van der Waals surface area (Å²) in [5, 5.41) is 11.3. The van der Waals surface area contributed by atoms with Crippen molar-refractivity contribution in [1.82, 2.24) is 25.1 Å². The van der Waals surface area contributed by atoms with Gasteiger partial charge in [-0.15, -0.1) is 0 Å². The first-order chi connectivity index (χ1) is 12.9. The summed E-state index contributed by atoms with van der Waals surface area (Å²) in [6, 6.07) is 11.4. The molecule has 5 aromatic rings. The zero-order valence-corrected chi connectivity index (χ0v) is 13.6. The fraction of sp³-hybridized carbons (Fsp3) is 0.111. The van der Waals surface area contributed by atoms with Crippen LogP contribution in [0.15, 0.2) is 57.8 Å². The largest absolute Gasteiger partial charge is 0.461 e. The molecule has 4 heterocycles. The maximum Gasteiger partial charge on any atom is 0.216 e. The van der Waals surface area contributed by atoms with Crippen molar-refractivity contribution in [3.8, 4) is 11.6 Å². The highest BCUT2D eigenvalue weighted by Crippen LogP contribution is 2.30. The van der Waals surface area contributed by atoms with Crippen molar-refractivity contribution >= 4 is 27.9 Å². The van der Waals surface area contributed by atoms with Crippen molar-refractivity contribution in [3.63, 3.8) is 0 Å². The third-order valence-corrected chi connectivity index (χ3v) is 4.09. The van der Waals surface area contributed by atoms with Gasteiger partial charge in [0.05, 0.1) is 6.26 Å². The zero-order chi connectivity index (χ0) is 17.3. The number of anilines is 1. The van der Waals surface area contributed by atoms with Crippen LogP contribution in [0.4, 0.5) is 5.82 Å². The van der Waals surface area contributed by atoms with Crippen molar-refractivity contribution in [2.45, 2.75) is 6.42 Å². The Morgan fingerprint density at radius 1 is 1.08 bits per heavy atom. The van der Waals surface area contributed by atoms with E-state index in [1.54, 1.807) is 12.3 Å².